The van der Waals surface area contributed by atoms with Crippen LogP contribution in [-0.4, -0.2) is 24.4 Å². The Morgan fingerprint density at radius 1 is 0.914 bits per heavy atom. The fraction of sp³-hybridized carbons (Fsp3) is 0.286. The van der Waals surface area contributed by atoms with Crippen molar-refractivity contribution in [1.82, 2.24) is 0 Å². The van der Waals surface area contributed by atoms with E-state index >= 15 is 0 Å². The lowest BCUT2D eigenvalue weighted by Crippen LogP contribution is -2.46. The highest BCUT2D eigenvalue weighted by Gasteiger charge is 2.45. The SMILES string of the molecule is O=C1C(N(C(=O)CNc2ccc(F)cc2)c2cccc(F)c2)c2ccccc2N1C1CCCCC1. The fourth-order valence-electron chi connectivity index (χ4n) is 5.18. The predicted octanol–water partition coefficient (Wildman–Crippen LogP) is 5.83. The summed E-state index contributed by atoms with van der Waals surface area (Å²) in [5, 5.41) is 3.00. The second-order valence-electron chi connectivity index (χ2n) is 9.07. The normalized spacial score (nSPS) is 17.8. The maximum Gasteiger partial charge on any atom is 0.255 e. The van der Waals surface area contributed by atoms with E-state index in [4.69, 9.17) is 0 Å². The van der Waals surface area contributed by atoms with Gasteiger partial charge in [-0.05, 0) is 61.4 Å². The van der Waals surface area contributed by atoms with Crippen LogP contribution in [0.15, 0.2) is 72.8 Å². The molecule has 1 N–H and O–H groups in total. The number of para-hydroxylation sites is 1. The quantitative estimate of drug-likeness (QED) is 0.488. The van der Waals surface area contributed by atoms with Crippen molar-refractivity contribution in [3.63, 3.8) is 0 Å². The number of amides is 2. The van der Waals surface area contributed by atoms with Crippen molar-refractivity contribution >= 4 is 28.9 Å². The van der Waals surface area contributed by atoms with Gasteiger partial charge in [-0.1, -0.05) is 43.5 Å². The summed E-state index contributed by atoms with van der Waals surface area (Å²) < 4.78 is 27.5. The molecule has 5 nitrogen and oxygen atoms in total. The van der Waals surface area contributed by atoms with E-state index in [-0.39, 0.29) is 24.3 Å². The average molecular weight is 476 g/mol. The molecule has 35 heavy (non-hydrogen) atoms. The Morgan fingerprint density at radius 3 is 2.40 bits per heavy atom. The highest BCUT2D eigenvalue weighted by atomic mass is 19.1. The Labute approximate surface area is 203 Å². The van der Waals surface area contributed by atoms with Crippen LogP contribution in [0.2, 0.25) is 0 Å². The van der Waals surface area contributed by atoms with Gasteiger partial charge in [0.1, 0.15) is 17.7 Å². The van der Waals surface area contributed by atoms with Gasteiger partial charge in [0, 0.05) is 28.7 Å². The maximum atomic E-state index is 14.2. The number of halogens is 2. The number of benzene rings is 3. The molecule has 1 heterocycles. The van der Waals surface area contributed by atoms with Crippen LogP contribution in [0.1, 0.15) is 43.7 Å². The molecular weight excluding hydrogens is 448 g/mol. The molecule has 2 aliphatic rings. The molecule has 1 atom stereocenters. The zero-order valence-corrected chi connectivity index (χ0v) is 19.3. The number of carbonyl (C=O) groups is 2. The average Bonchev–Trinajstić information content (AvgIpc) is 3.16. The minimum absolute atomic E-state index is 0.0872. The number of rotatable bonds is 6. The van der Waals surface area contributed by atoms with Crippen LogP contribution in [-0.2, 0) is 9.59 Å². The van der Waals surface area contributed by atoms with Crippen molar-refractivity contribution in [2.24, 2.45) is 0 Å². The first-order valence-corrected chi connectivity index (χ1v) is 12.0. The number of hydrogen-bond donors (Lipinski definition) is 1. The van der Waals surface area contributed by atoms with E-state index in [1.165, 1.54) is 47.4 Å². The molecule has 5 rings (SSSR count). The molecule has 3 aromatic carbocycles. The van der Waals surface area contributed by atoms with Crippen molar-refractivity contribution in [1.29, 1.82) is 0 Å². The summed E-state index contributed by atoms with van der Waals surface area (Å²) in [5.74, 6) is -1.43. The fourth-order valence-corrected chi connectivity index (χ4v) is 5.18. The van der Waals surface area contributed by atoms with Gasteiger partial charge >= 0.3 is 0 Å². The Balaban J connectivity index is 1.51. The first-order valence-electron chi connectivity index (χ1n) is 12.0. The summed E-state index contributed by atoms with van der Waals surface area (Å²) in [5.41, 5.74) is 2.44. The molecule has 1 saturated carbocycles. The number of carbonyl (C=O) groups excluding carboxylic acids is 2. The smallest absolute Gasteiger partial charge is 0.255 e. The summed E-state index contributed by atoms with van der Waals surface area (Å²) >= 11 is 0. The number of fused-ring (bicyclic) bond motifs is 1. The molecular formula is C28H27F2N3O2. The lowest BCUT2D eigenvalue weighted by molar-refractivity contribution is -0.124. The molecule has 0 radical (unpaired) electrons. The van der Waals surface area contributed by atoms with E-state index in [0.717, 1.165) is 43.4 Å². The molecule has 1 aliphatic heterocycles. The standard InChI is InChI=1S/C28H27F2N3O2/c29-19-13-15-21(16-14-19)31-18-26(34)33(23-10-6-7-20(30)17-23)27-24-11-4-5-12-25(24)32(28(27)35)22-8-2-1-3-9-22/h4-7,10-17,22,27,31H,1-3,8-9,18H2. The molecule has 1 aliphatic carbocycles. The number of hydrogen-bond acceptors (Lipinski definition) is 3. The largest absolute Gasteiger partial charge is 0.376 e. The summed E-state index contributed by atoms with van der Waals surface area (Å²) in [7, 11) is 0. The van der Waals surface area contributed by atoms with Gasteiger partial charge in [0.05, 0.1) is 6.54 Å². The minimum atomic E-state index is -0.891. The van der Waals surface area contributed by atoms with Gasteiger partial charge in [0.25, 0.3) is 5.91 Å². The van der Waals surface area contributed by atoms with Crippen molar-refractivity contribution in [3.05, 3.63) is 90.0 Å². The zero-order valence-electron chi connectivity index (χ0n) is 19.3. The molecule has 0 bridgehead atoms. The topological polar surface area (TPSA) is 52.7 Å². The highest BCUT2D eigenvalue weighted by molar-refractivity contribution is 6.12. The van der Waals surface area contributed by atoms with Crippen LogP contribution < -0.4 is 15.1 Å². The van der Waals surface area contributed by atoms with Crippen LogP contribution in [0, 0.1) is 11.6 Å². The minimum Gasteiger partial charge on any atom is -0.376 e. The highest BCUT2D eigenvalue weighted by Crippen LogP contribution is 2.44. The van der Waals surface area contributed by atoms with E-state index in [1.807, 2.05) is 29.2 Å². The first-order chi connectivity index (χ1) is 17.0. The van der Waals surface area contributed by atoms with E-state index < -0.39 is 17.8 Å². The molecule has 0 aromatic heterocycles. The number of nitrogens with zero attached hydrogens (tertiary/aromatic N) is 2. The molecule has 180 valence electrons. The number of nitrogens with one attached hydrogen (secondary N) is 1. The summed E-state index contributed by atoms with van der Waals surface area (Å²) in [6, 6.07) is 18.2. The molecule has 0 spiro atoms. The lowest BCUT2D eigenvalue weighted by atomic mass is 9.94. The third-order valence-corrected chi connectivity index (χ3v) is 6.80. The summed E-state index contributed by atoms with van der Waals surface area (Å²) in [6.07, 6.45) is 5.14. The van der Waals surface area contributed by atoms with Gasteiger partial charge in [0.2, 0.25) is 5.91 Å². The van der Waals surface area contributed by atoms with Crippen molar-refractivity contribution < 1.29 is 18.4 Å². The third kappa shape index (κ3) is 4.63. The predicted molar refractivity (Wildman–Crippen MR) is 132 cm³/mol. The van der Waals surface area contributed by atoms with Crippen LogP contribution >= 0.6 is 0 Å². The van der Waals surface area contributed by atoms with E-state index in [0.29, 0.717) is 11.4 Å². The molecule has 2 amide bonds. The second kappa shape index (κ2) is 9.86. The zero-order chi connectivity index (χ0) is 24.4. The molecule has 3 aromatic rings. The van der Waals surface area contributed by atoms with Gasteiger partial charge in [-0.3, -0.25) is 14.5 Å². The van der Waals surface area contributed by atoms with Crippen molar-refractivity contribution in [2.45, 2.75) is 44.2 Å². The molecule has 1 fully saturated rings. The van der Waals surface area contributed by atoms with Crippen molar-refractivity contribution in [2.75, 3.05) is 21.7 Å². The van der Waals surface area contributed by atoms with Gasteiger partial charge in [-0.25, -0.2) is 8.78 Å². The van der Waals surface area contributed by atoms with Gasteiger partial charge in [-0.15, -0.1) is 0 Å². The summed E-state index contributed by atoms with van der Waals surface area (Å²) in [6.45, 7) is -0.141. The van der Waals surface area contributed by atoms with E-state index in [2.05, 4.69) is 5.32 Å². The monoisotopic (exact) mass is 475 g/mol. The maximum absolute atomic E-state index is 14.2. The number of anilines is 3. The van der Waals surface area contributed by atoms with Gasteiger partial charge in [-0.2, -0.15) is 0 Å². The Hall–Kier alpha value is -3.74. The lowest BCUT2D eigenvalue weighted by Gasteiger charge is -2.33. The Bertz CT molecular complexity index is 1220. The molecule has 7 heteroatoms. The summed E-state index contributed by atoms with van der Waals surface area (Å²) in [4.78, 5) is 30.8. The van der Waals surface area contributed by atoms with Crippen LogP contribution in [0.3, 0.4) is 0 Å². The van der Waals surface area contributed by atoms with E-state index in [9.17, 15) is 18.4 Å². The molecule has 1 unspecified atom stereocenters. The molecule has 0 saturated heterocycles. The third-order valence-electron chi connectivity index (χ3n) is 6.80. The Kier molecular flexibility index (Phi) is 6.49. The van der Waals surface area contributed by atoms with Gasteiger partial charge in [0.15, 0.2) is 0 Å². The second-order valence-corrected chi connectivity index (χ2v) is 9.07. The van der Waals surface area contributed by atoms with Crippen LogP contribution in [0.5, 0.6) is 0 Å². The van der Waals surface area contributed by atoms with E-state index in [1.54, 1.807) is 6.07 Å². The van der Waals surface area contributed by atoms with Crippen LogP contribution in [0.25, 0.3) is 0 Å². The van der Waals surface area contributed by atoms with Crippen LogP contribution in [0.4, 0.5) is 25.8 Å². The first kappa shape index (κ1) is 23.0. The van der Waals surface area contributed by atoms with Gasteiger partial charge < -0.3 is 10.2 Å². The van der Waals surface area contributed by atoms with Crippen molar-refractivity contribution in [3.8, 4) is 0 Å². The Morgan fingerprint density at radius 2 is 1.66 bits per heavy atom.